The van der Waals surface area contributed by atoms with E-state index in [-0.39, 0.29) is 18.0 Å². The highest BCUT2D eigenvalue weighted by Gasteiger charge is 2.13. The highest BCUT2D eigenvalue weighted by Crippen LogP contribution is 2.08. The number of aromatic nitrogens is 1. The summed E-state index contributed by atoms with van der Waals surface area (Å²) in [6.07, 6.45) is 2.82. The van der Waals surface area contributed by atoms with E-state index in [4.69, 9.17) is 5.11 Å². The van der Waals surface area contributed by atoms with Crippen molar-refractivity contribution >= 4 is 10.0 Å². The van der Waals surface area contributed by atoms with Crippen molar-refractivity contribution in [1.82, 2.24) is 9.71 Å². The van der Waals surface area contributed by atoms with Gasteiger partial charge in [0.2, 0.25) is 10.0 Å². The number of nitrogens with one attached hydrogen (secondary N) is 1. The van der Waals surface area contributed by atoms with Gasteiger partial charge >= 0.3 is 0 Å². The van der Waals surface area contributed by atoms with Crippen LogP contribution in [0.15, 0.2) is 53.7 Å². The predicted octanol–water partition coefficient (Wildman–Crippen LogP) is 1.05. The molecule has 100 valence electrons. The van der Waals surface area contributed by atoms with Crippen LogP contribution in [0.3, 0.4) is 0 Å². The van der Waals surface area contributed by atoms with Crippen LogP contribution in [0.1, 0.15) is 11.1 Å². The zero-order valence-corrected chi connectivity index (χ0v) is 11.0. The molecule has 0 saturated carbocycles. The number of aliphatic hydroxyl groups is 1. The molecule has 2 N–H and O–H groups in total. The number of aliphatic hydroxyl groups excluding tert-OH is 1. The lowest BCUT2D eigenvalue weighted by molar-refractivity contribution is 0.282. The molecule has 2 aromatic rings. The van der Waals surface area contributed by atoms with Crippen LogP contribution in [0.4, 0.5) is 0 Å². The van der Waals surface area contributed by atoms with Gasteiger partial charge in [-0.2, -0.15) is 0 Å². The summed E-state index contributed by atoms with van der Waals surface area (Å²) in [5.41, 5.74) is 1.61. The maximum atomic E-state index is 11.9. The molecule has 0 aliphatic rings. The normalized spacial score (nSPS) is 11.4. The number of sulfonamides is 1. The van der Waals surface area contributed by atoms with Gasteiger partial charge < -0.3 is 5.11 Å². The summed E-state index contributed by atoms with van der Waals surface area (Å²) in [5.74, 6) is 0. The molecule has 2 rings (SSSR count). The van der Waals surface area contributed by atoms with Gasteiger partial charge in [-0.25, -0.2) is 13.1 Å². The van der Waals surface area contributed by atoms with Crippen LogP contribution in [0.5, 0.6) is 0 Å². The Bertz CT molecular complexity index is 625. The minimum atomic E-state index is -3.54. The summed E-state index contributed by atoms with van der Waals surface area (Å²) in [4.78, 5) is 3.92. The van der Waals surface area contributed by atoms with Crippen molar-refractivity contribution in [2.75, 3.05) is 0 Å². The molecule has 5 nitrogen and oxygen atoms in total. The Labute approximate surface area is 112 Å². The Morgan fingerprint density at radius 1 is 1.11 bits per heavy atom. The lowest BCUT2D eigenvalue weighted by Gasteiger charge is -2.06. The second-order valence-electron chi connectivity index (χ2n) is 3.99. The standard InChI is InChI=1S/C13H14N2O3S/c16-10-12-5-3-11(4-6-12)8-15-19(17,18)13-2-1-7-14-9-13/h1-7,9,15-16H,8,10H2. The number of hydrogen-bond donors (Lipinski definition) is 2. The fourth-order valence-corrected chi connectivity index (χ4v) is 2.51. The molecule has 0 unspecified atom stereocenters. The fourth-order valence-electron chi connectivity index (χ4n) is 1.53. The Morgan fingerprint density at radius 3 is 2.37 bits per heavy atom. The van der Waals surface area contributed by atoms with Crippen LogP contribution < -0.4 is 4.72 Å². The monoisotopic (exact) mass is 278 g/mol. The van der Waals surface area contributed by atoms with Gasteiger partial charge in [-0.15, -0.1) is 0 Å². The Kier molecular flexibility index (Phi) is 4.26. The highest BCUT2D eigenvalue weighted by molar-refractivity contribution is 7.89. The summed E-state index contributed by atoms with van der Waals surface area (Å²) >= 11 is 0. The van der Waals surface area contributed by atoms with Crippen LogP contribution in [0, 0.1) is 0 Å². The molecule has 1 aromatic carbocycles. The summed E-state index contributed by atoms with van der Waals surface area (Å²) in [6.45, 7) is 0.171. The number of nitrogens with zero attached hydrogens (tertiary/aromatic N) is 1. The van der Waals surface area contributed by atoms with Crippen LogP contribution >= 0.6 is 0 Å². The summed E-state index contributed by atoms with van der Waals surface area (Å²) < 4.78 is 26.4. The molecule has 0 spiro atoms. The van der Waals surface area contributed by atoms with E-state index in [9.17, 15) is 8.42 Å². The highest BCUT2D eigenvalue weighted by atomic mass is 32.2. The van der Waals surface area contributed by atoms with Crippen molar-refractivity contribution in [1.29, 1.82) is 0 Å². The number of hydrogen-bond acceptors (Lipinski definition) is 4. The van der Waals surface area contributed by atoms with Gasteiger partial charge in [0.05, 0.1) is 6.61 Å². The van der Waals surface area contributed by atoms with E-state index in [1.54, 1.807) is 30.3 Å². The van der Waals surface area contributed by atoms with Gasteiger partial charge in [0, 0.05) is 18.9 Å². The molecule has 6 heteroatoms. The minimum absolute atomic E-state index is 0.0261. The Balaban J connectivity index is 2.05. The van der Waals surface area contributed by atoms with Crippen molar-refractivity contribution in [3.8, 4) is 0 Å². The first-order valence-electron chi connectivity index (χ1n) is 5.70. The Morgan fingerprint density at radius 2 is 1.79 bits per heavy atom. The van der Waals surface area contributed by atoms with Crippen LogP contribution in [-0.4, -0.2) is 18.5 Å². The first-order chi connectivity index (χ1) is 9.12. The first kappa shape index (κ1) is 13.7. The lowest BCUT2D eigenvalue weighted by atomic mass is 10.1. The fraction of sp³-hybridized carbons (Fsp3) is 0.154. The largest absolute Gasteiger partial charge is 0.392 e. The van der Waals surface area contributed by atoms with Gasteiger partial charge in [0.1, 0.15) is 4.90 Å². The molecule has 0 aliphatic carbocycles. The molecule has 0 amide bonds. The molecule has 19 heavy (non-hydrogen) atoms. The lowest BCUT2D eigenvalue weighted by Crippen LogP contribution is -2.23. The van der Waals surface area contributed by atoms with E-state index < -0.39 is 10.0 Å². The van der Waals surface area contributed by atoms with E-state index in [0.717, 1.165) is 11.1 Å². The molecule has 1 heterocycles. The van der Waals surface area contributed by atoms with E-state index in [1.807, 2.05) is 0 Å². The van der Waals surface area contributed by atoms with Crippen molar-refractivity contribution in [3.63, 3.8) is 0 Å². The van der Waals surface area contributed by atoms with Gasteiger partial charge in [0.15, 0.2) is 0 Å². The molecule has 1 aromatic heterocycles. The zero-order valence-electron chi connectivity index (χ0n) is 10.2. The topological polar surface area (TPSA) is 79.3 Å². The van der Waals surface area contributed by atoms with Gasteiger partial charge in [-0.3, -0.25) is 4.98 Å². The van der Waals surface area contributed by atoms with Crippen LogP contribution in [0.2, 0.25) is 0 Å². The third kappa shape index (κ3) is 3.60. The smallest absolute Gasteiger partial charge is 0.242 e. The molecule has 0 aliphatic heterocycles. The Hall–Kier alpha value is -1.76. The number of benzene rings is 1. The van der Waals surface area contributed by atoms with Crippen molar-refractivity contribution in [3.05, 3.63) is 59.9 Å². The third-order valence-corrected chi connectivity index (χ3v) is 4.00. The quantitative estimate of drug-likeness (QED) is 0.857. The molecule has 0 bridgehead atoms. The van der Waals surface area contributed by atoms with Crippen LogP contribution in [0.25, 0.3) is 0 Å². The molecular weight excluding hydrogens is 264 g/mol. The van der Waals surface area contributed by atoms with Crippen molar-refractivity contribution in [2.45, 2.75) is 18.0 Å². The molecule has 0 saturated heterocycles. The van der Waals surface area contributed by atoms with Crippen molar-refractivity contribution in [2.24, 2.45) is 0 Å². The maximum absolute atomic E-state index is 11.9. The summed E-state index contributed by atoms with van der Waals surface area (Å²) in [7, 11) is -3.54. The molecule has 0 radical (unpaired) electrons. The predicted molar refractivity (Wildman–Crippen MR) is 70.6 cm³/mol. The van der Waals surface area contributed by atoms with E-state index in [0.29, 0.717) is 0 Å². The zero-order chi connectivity index (χ0) is 13.7. The van der Waals surface area contributed by atoms with E-state index >= 15 is 0 Å². The van der Waals surface area contributed by atoms with Crippen LogP contribution in [-0.2, 0) is 23.2 Å². The maximum Gasteiger partial charge on any atom is 0.242 e. The van der Waals surface area contributed by atoms with E-state index in [1.165, 1.54) is 18.5 Å². The SMILES string of the molecule is O=S(=O)(NCc1ccc(CO)cc1)c1cccnc1. The van der Waals surface area contributed by atoms with Crippen molar-refractivity contribution < 1.29 is 13.5 Å². The minimum Gasteiger partial charge on any atom is -0.392 e. The summed E-state index contributed by atoms with van der Waals surface area (Å²) in [5, 5.41) is 8.92. The van der Waals surface area contributed by atoms with Gasteiger partial charge in [0.25, 0.3) is 0 Å². The molecular formula is C13H14N2O3S. The second-order valence-corrected chi connectivity index (χ2v) is 5.75. The number of rotatable bonds is 5. The third-order valence-electron chi connectivity index (χ3n) is 2.62. The molecule has 0 atom stereocenters. The first-order valence-corrected chi connectivity index (χ1v) is 7.18. The average Bonchev–Trinajstić information content (AvgIpc) is 2.47. The van der Waals surface area contributed by atoms with Gasteiger partial charge in [-0.1, -0.05) is 24.3 Å². The molecule has 0 fully saturated rings. The van der Waals surface area contributed by atoms with Gasteiger partial charge in [-0.05, 0) is 23.3 Å². The second kappa shape index (κ2) is 5.92. The number of pyridine rings is 1. The summed E-state index contributed by atoms with van der Waals surface area (Å²) in [6, 6.07) is 10.1. The average molecular weight is 278 g/mol. The van der Waals surface area contributed by atoms with E-state index in [2.05, 4.69) is 9.71 Å².